The second-order valence-corrected chi connectivity index (χ2v) is 6.31. The highest BCUT2D eigenvalue weighted by Gasteiger charge is 2.20. The maximum atomic E-state index is 12.1. The Hall–Kier alpha value is -1.50. The summed E-state index contributed by atoms with van der Waals surface area (Å²) in [6, 6.07) is 4.30. The number of hydrogen-bond donors (Lipinski definition) is 2. The van der Waals surface area contributed by atoms with Gasteiger partial charge in [-0.15, -0.1) is 12.4 Å². The maximum absolute atomic E-state index is 12.1. The third-order valence-corrected chi connectivity index (χ3v) is 4.52. The first-order valence-corrected chi connectivity index (χ1v) is 8.98. The number of nitrogens with two attached hydrogens (primary N) is 1. The van der Waals surface area contributed by atoms with Crippen LogP contribution in [0.3, 0.4) is 0 Å². The molecule has 2 atom stereocenters. The Morgan fingerprint density at radius 2 is 1.88 bits per heavy atom. The number of nitrogens with zero attached hydrogens (tertiary/aromatic N) is 1. The van der Waals surface area contributed by atoms with Gasteiger partial charge in [0.05, 0.1) is 11.1 Å². The van der Waals surface area contributed by atoms with E-state index in [1.165, 1.54) is 0 Å². The van der Waals surface area contributed by atoms with Crippen molar-refractivity contribution in [2.24, 2.45) is 11.7 Å². The number of amides is 2. The number of rotatable bonds is 9. The van der Waals surface area contributed by atoms with Crippen LogP contribution in [0.15, 0.2) is 18.2 Å². The number of nitrogens with one attached hydrogen (secondary N) is 1. The van der Waals surface area contributed by atoms with E-state index in [0.29, 0.717) is 29.5 Å². The van der Waals surface area contributed by atoms with Crippen LogP contribution in [0, 0.1) is 5.92 Å². The van der Waals surface area contributed by atoms with Crippen molar-refractivity contribution in [2.75, 3.05) is 25.0 Å². The lowest BCUT2D eigenvalue weighted by Crippen LogP contribution is -2.40. The van der Waals surface area contributed by atoms with Crippen molar-refractivity contribution in [3.63, 3.8) is 0 Å². The molecule has 2 unspecified atom stereocenters. The molecule has 148 valence electrons. The van der Waals surface area contributed by atoms with Gasteiger partial charge in [-0.05, 0) is 38.0 Å². The number of ether oxygens (including phenoxy) is 1. The van der Waals surface area contributed by atoms with Crippen molar-refractivity contribution < 1.29 is 14.3 Å². The molecule has 6 nitrogen and oxygen atoms in total. The highest BCUT2D eigenvalue weighted by atomic mass is 35.5. The summed E-state index contributed by atoms with van der Waals surface area (Å²) < 4.78 is 5.49. The van der Waals surface area contributed by atoms with Gasteiger partial charge in [-0.3, -0.25) is 9.59 Å². The fraction of sp³-hybridized carbons (Fsp3) is 0.556. The molecule has 26 heavy (non-hydrogen) atoms. The fourth-order valence-electron chi connectivity index (χ4n) is 2.24. The van der Waals surface area contributed by atoms with Crippen molar-refractivity contribution in [1.82, 2.24) is 4.90 Å². The van der Waals surface area contributed by atoms with Crippen LogP contribution >= 0.6 is 24.0 Å². The van der Waals surface area contributed by atoms with E-state index in [1.54, 1.807) is 23.1 Å². The van der Waals surface area contributed by atoms with E-state index < -0.39 is 6.04 Å². The summed E-state index contributed by atoms with van der Waals surface area (Å²) in [7, 11) is 0. The van der Waals surface area contributed by atoms with Crippen LogP contribution in [0.2, 0.25) is 5.02 Å². The highest BCUT2D eigenvalue weighted by molar-refractivity contribution is 6.32. The molecule has 0 radical (unpaired) electrons. The van der Waals surface area contributed by atoms with E-state index in [2.05, 4.69) is 5.32 Å². The minimum Gasteiger partial charge on any atom is -0.482 e. The van der Waals surface area contributed by atoms with Gasteiger partial charge in [-0.2, -0.15) is 0 Å². The molecule has 1 rings (SSSR count). The summed E-state index contributed by atoms with van der Waals surface area (Å²) >= 11 is 6.18. The quantitative estimate of drug-likeness (QED) is 0.659. The van der Waals surface area contributed by atoms with Crippen LogP contribution in [0.1, 0.15) is 34.1 Å². The Labute approximate surface area is 166 Å². The number of carbonyl (C=O) groups excluding carboxylic acids is 2. The molecule has 3 N–H and O–H groups in total. The van der Waals surface area contributed by atoms with Gasteiger partial charge in [-0.1, -0.05) is 31.9 Å². The number of carbonyl (C=O) groups is 2. The van der Waals surface area contributed by atoms with Crippen LogP contribution in [0.5, 0.6) is 5.75 Å². The predicted molar refractivity (Wildman–Crippen MR) is 108 cm³/mol. The molecule has 1 aromatic rings. The van der Waals surface area contributed by atoms with Crippen molar-refractivity contribution >= 4 is 41.5 Å². The van der Waals surface area contributed by atoms with Crippen molar-refractivity contribution in [1.29, 1.82) is 0 Å². The molecule has 0 aromatic heterocycles. The minimum absolute atomic E-state index is 0. The summed E-state index contributed by atoms with van der Waals surface area (Å²) in [6.07, 6.45) is 0.822. The zero-order chi connectivity index (χ0) is 19.0. The van der Waals surface area contributed by atoms with E-state index in [1.807, 2.05) is 27.7 Å². The predicted octanol–water partition coefficient (Wildman–Crippen LogP) is 3.32. The third-order valence-electron chi connectivity index (χ3n) is 4.23. The first-order valence-electron chi connectivity index (χ1n) is 8.60. The van der Waals surface area contributed by atoms with Crippen molar-refractivity contribution in [2.45, 2.75) is 40.2 Å². The lowest BCUT2D eigenvalue weighted by Gasteiger charge is -2.19. The number of anilines is 1. The SMILES string of the molecule is CCC(C)C(N)C(=O)Nc1ccc(OCC(=O)N(CC)CC)c(Cl)c1.Cl. The summed E-state index contributed by atoms with van der Waals surface area (Å²) in [6.45, 7) is 8.93. The smallest absolute Gasteiger partial charge is 0.260 e. The summed E-state index contributed by atoms with van der Waals surface area (Å²) in [5.74, 6) is 0.129. The Balaban J connectivity index is 0.00000625. The normalized spacial score (nSPS) is 12.5. The van der Waals surface area contributed by atoms with E-state index in [-0.39, 0.29) is 36.7 Å². The molecular weight excluding hydrogens is 377 g/mol. The average Bonchev–Trinajstić information content (AvgIpc) is 2.60. The summed E-state index contributed by atoms with van der Waals surface area (Å²) in [4.78, 5) is 25.7. The summed E-state index contributed by atoms with van der Waals surface area (Å²) in [5.41, 5.74) is 6.45. The monoisotopic (exact) mass is 405 g/mol. The van der Waals surface area contributed by atoms with Crippen LogP contribution < -0.4 is 15.8 Å². The highest BCUT2D eigenvalue weighted by Crippen LogP contribution is 2.28. The van der Waals surface area contributed by atoms with Gasteiger partial charge >= 0.3 is 0 Å². The van der Waals surface area contributed by atoms with Crippen LogP contribution in [-0.2, 0) is 9.59 Å². The Bertz CT molecular complexity index is 595. The Morgan fingerprint density at radius 1 is 1.27 bits per heavy atom. The van der Waals surface area contributed by atoms with Gasteiger partial charge in [0.2, 0.25) is 5.91 Å². The molecule has 0 heterocycles. The molecule has 2 amide bonds. The Morgan fingerprint density at radius 3 is 2.38 bits per heavy atom. The Kier molecular flexibility index (Phi) is 11.3. The molecule has 0 bridgehead atoms. The molecule has 0 aliphatic carbocycles. The maximum Gasteiger partial charge on any atom is 0.260 e. The van der Waals surface area contributed by atoms with Crippen LogP contribution in [0.25, 0.3) is 0 Å². The molecule has 0 saturated heterocycles. The first-order chi connectivity index (χ1) is 11.8. The van der Waals surface area contributed by atoms with E-state index in [4.69, 9.17) is 22.1 Å². The number of benzene rings is 1. The van der Waals surface area contributed by atoms with Gasteiger partial charge in [0.15, 0.2) is 6.61 Å². The van der Waals surface area contributed by atoms with E-state index >= 15 is 0 Å². The topological polar surface area (TPSA) is 84.7 Å². The van der Waals surface area contributed by atoms with Crippen molar-refractivity contribution in [3.8, 4) is 5.75 Å². The van der Waals surface area contributed by atoms with Gasteiger partial charge in [-0.25, -0.2) is 0 Å². The number of likely N-dealkylation sites (N-methyl/N-ethyl adjacent to an activating group) is 1. The van der Waals surface area contributed by atoms with Gasteiger partial charge < -0.3 is 20.7 Å². The molecule has 0 fully saturated rings. The molecule has 8 heteroatoms. The lowest BCUT2D eigenvalue weighted by molar-refractivity contribution is -0.133. The second-order valence-electron chi connectivity index (χ2n) is 5.90. The molecule has 0 spiro atoms. The van der Waals surface area contributed by atoms with E-state index in [9.17, 15) is 9.59 Å². The van der Waals surface area contributed by atoms with Crippen LogP contribution in [0.4, 0.5) is 5.69 Å². The summed E-state index contributed by atoms with van der Waals surface area (Å²) in [5, 5.41) is 3.07. The van der Waals surface area contributed by atoms with E-state index in [0.717, 1.165) is 6.42 Å². The third kappa shape index (κ3) is 7.02. The van der Waals surface area contributed by atoms with Gasteiger partial charge in [0.25, 0.3) is 5.91 Å². The minimum atomic E-state index is -0.577. The zero-order valence-corrected chi connectivity index (χ0v) is 17.3. The standard InChI is InChI=1S/C18H28ClN3O3.ClH/c1-5-12(4)17(20)18(24)21-13-8-9-15(14(19)10-13)25-11-16(23)22(6-2)7-3;/h8-10,12,17H,5-7,11,20H2,1-4H3,(H,21,24);1H. The van der Waals surface area contributed by atoms with Crippen molar-refractivity contribution in [3.05, 3.63) is 23.2 Å². The lowest BCUT2D eigenvalue weighted by atomic mass is 9.99. The number of hydrogen-bond acceptors (Lipinski definition) is 4. The second kappa shape index (κ2) is 12.0. The molecular formula is C18H29Cl2N3O3. The largest absolute Gasteiger partial charge is 0.482 e. The fourth-order valence-corrected chi connectivity index (χ4v) is 2.48. The molecule has 1 aromatic carbocycles. The zero-order valence-electron chi connectivity index (χ0n) is 15.8. The molecule has 0 aliphatic rings. The average molecular weight is 406 g/mol. The van der Waals surface area contributed by atoms with Crippen LogP contribution in [-0.4, -0.2) is 42.5 Å². The first kappa shape index (κ1) is 24.5. The van der Waals surface area contributed by atoms with Gasteiger partial charge in [0.1, 0.15) is 5.75 Å². The number of halogens is 2. The molecule has 0 aliphatic heterocycles. The molecule has 0 saturated carbocycles. The van der Waals surface area contributed by atoms with Gasteiger partial charge in [0, 0.05) is 18.8 Å².